The molecular weight excluding hydrogens is 338 g/mol. The molecule has 0 aliphatic carbocycles. The fraction of sp³-hybridized carbons (Fsp3) is 0.0526. The summed E-state index contributed by atoms with van der Waals surface area (Å²) >= 11 is -2.68. The van der Waals surface area contributed by atoms with Crippen LogP contribution < -0.4 is 17.8 Å². The van der Waals surface area contributed by atoms with Crippen molar-refractivity contribution in [1.82, 2.24) is 0 Å². The summed E-state index contributed by atoms with van der Waals surface area (Å²) in [6.07, 6.45) is 0. The van der Waals surface area contributed by atoms with Crippen molar-refractivity contribution in [3.8, 4) is 11.5 Å². The third-order valence-electron chi connectivity index (χ3n) is 4.24. The van der Waals surface area contributed by atoms with Gasteiger partial charge < -0.3 is 0 Å². The van der Waals surface area contributed by atoms with Crippen LogP contribution in [0.25, 0.3) is 0 Å². The van der Waals surface area contributed by atoms with Crippen molar-refractivity contribution in [3.05, 3.63) is 78.6 Å². The van der Waals surface area contributed by atoms with Gasteiger partial charge in [0.15, 0.2) is 0 Å². The predicted octanol–water partition coefficient (Wildman–Crippen LogP) is 3.03. The summed E-state index contributed by atoms with van der Waals surface area (Å²) in [5.41, 5.74) is 2.30. The van der Waals surface area contributed by atoms with Gasteiger partial charge in [-0.15, -0.1) is 0 Å². The maximum absolute atomic E-state index is 13.8. The van der Waals surface area contributed by atoms with Gasteiger partial charge in [-0.05, 0) is 0 Å². The molecule has 0 unspecified atom stereocenters. The van der Waals surface area contributed by atoms with Crippen molar-refractivity contribution in [2.75, 3.05) is 0 Å². The fourth-order valence-corrected chi connectivity index (χ4v) is 10.4. The van der Waals surface area contributed by atoms with Crippen molar-refractivity contribution >= 4 is 26.6 Å². The Balaban J connectivity index is 2.06. The Labute approximate surface area is 131 Å². The zero-order valence-corrected chi connectivity index (χ0v) is 14.0. The normalized spacial score (nSPS) is 14.6. The van der Waals surface area contributed by atoms with E-state index in [4.69, 9.17) is 4.74 Å². The van der Waals surface area contributed by atoms with E-state index in [2.05, 4.69) is 23.9 Å². The SMILES string of the molecule is C[As]1(c2cccc(F)c2)c2ccccc2Oc2ccccc21. The van der Waals surface area contributed by atoms with Crippen LogP contribution >= 0.6 is 0 Å². The van der Waals surface area contributed by atoms with Gasteiger partial charge in [-0.1, -0.05) is 0 Å². The van der Waals surface area contributed by atoms with Crippen LogP contribution in [-0.4, -0.2) is 13.6 Å². The Hall–Kier alpha value is -2.05. The number of rotatable bonds is 1. The van der Waals surface area contributed by atoms with E-state index in [0.29, 0.717) is 0 Å². The molecule has 0 fully saturated rings. The minimum absolute atomic E-state index is 0.179. The first-order chi connectivity index (χ1) is 10.7. The molecule has 1 nitrogen and oxygen atoms in total. The Kier molecular flexibility index (Phi) is 3.09. The van der Waals surface area contributed by atoms with Crippen molar-refractivity contribution in [3.63, 3.8) is 0 Å². The number of ether oxygens (including phenoxy) is 1. The van der Waals surface area contributed by atoms with Crippen LogP contribution in [0.15, 0.2) is 72.8 Å². The first-order valence-electron chi connectivity index (χ1n) is 7.19. The topological polar surface area (TPSA) is 9.23 Å². The molecule has 1 aliphatic heterocycles. The molecule has 3 aromatic rings. The molecule has 3 heteroatoms. The number of para-hydroxylation sites is 2. The minimum atomic E-state index is -2.68. The summed E-state index contributed by atoms with van der Waals surface area (Å²) < 4.78 is 23.5. The number of hydrogen-bond donors (Lipinski definition) is 0. The van der Waals surface area contributed by atoms with Gasteiger partial charge in [0.25, 0.3) is 0 Å². The molecule has 0 saturated carbocycles. The van der Waals surface area contributed by atoms with Crippen molar-refractivity contribution in [1.29, 1.82) is 0 Å². The van der Waals surface area contributed by atoms with E-state index in [1.54, 1.807) is 12.1 Å². The molecular formula is C19H15AsFO. The summed E-state index contributed by atoms with van der Waals surface area (Å²) in [6.45, 7) is 0. The van der Waals surface area contributed by atoms with E-state index < -0.39 is 13.6 Å². The van der Waals surface area contributed by atoms with E-state index in [1.165, 1.54) is 14.8 Å². The molecule has 22 heavy (non-hydrogen) atoms. The zero-order chi connectivity index (χ0) is 15.2. The van der Waals surface area contributed by atoms with E-state index in [0.717, 1.165) is 15.9 Å². The first-order valence-corrected chi connectivity index (χ1v) is 11.9. The van der Waals surface area contributed by atoms with Crippen molar-refractivity contribution in [2.24, 2.45) is 0 Å². The first kappa shape index (κ1) is 13.6. The van der Waals surface area contributed by atoms with Gasteiger partial charge in [0.1, 0.15) is 0 Å². The van der Waals surface area contributed by atoms with Crippen LogP contribution in [-0.2, 0) is 0 Å². The second-order valence-electron chi connectivity index (χ2n) is 5.52. The molecule has 0 amide bonds. The quantitative estimate of drug-likeness (QED) is 0.611. The molecule has 109 valence electrons. The molecule has 0 atom stereocenters. The molecule has 0 bridgehead atoms. The Morgan fingerprint density at radius 3 is 1.95 bits per heavy atom. The van der Waals surface area contributed by atoms with Gasteiger partial charge in [-0.25, -0.2) is 0 Å². The number of hydrogen-bond acceptors (Lipinski definition) is 1. The Morgan fingerprint density at radius 2 is 1.36 bits per heavy atom. The van der Waals surface area contributed by atoms with Crippen LogP contribution in [0.3, 0.4) is 0 Å². The average molecular weight is 353 g/mol. The van der Waals surface area contributed by atoms with Crippen molar-refractivity contribution in [2.45, 2.75) is 5.71 Å². The number of halogens is 1. The summed E-state index contributed by atoms with van der Waals surface area (Å²) in [5, 5.41) is 0. The summed E-state index contributed by atoms with van der Waals surface area (Å²) in [7, 11) is 0. The summed E-state index contributed by atoms with van der Waals surface area (Å²) in [6, 6.07) is 23.4. The van der Waals surface area contributed by atoms with E-state index in [1.807, 2.05) is 36.4 Å². The van der Waals surface area contributed by atoms with Gasteiger partial charge in [0.05, 0.1) is 0 Å². The van der Waals surface area contributed by atoms with Crippen LogP contribution in [0, 0.1) is 5.82 Å². The standard InChI is InChI=1S/C19H15AsFO/c1-20(14-7-6-8-15(21)13-14)16-9-2-4-11-18(16)22-19-12-5-3-10-17(19)20/h2-13H,1H3. The maximum atomic E-state index is 13.8. The second-order valence-corrected chi connectivity index (χ2v) is 12.9. The number of benzene rings is 3. The van der Waals surface area contributed by atoms with Crippen LogP contribution in [0.2, 0.25) is 5.71 Å². The van der Waals surface area contributed by atoms with E-state index >= 15 is 0 Å². The molecule has 4 rings (SSSR count). The third kappa shape index (κ3) is 1.91. The monoisotopic (exact) mass is 353 g/mol. The molecule has 0 aromatic heterocycles. The second kappa shape index (κ2) is 5.00. The summed E-state index contributed by atoms with van der Waals surface area (Å²) in [5.74, 6) is 1.63. The predicted molar refractivity (Wildman–Crippen MR) is 89.9 cm³/mol. The van der Waals surface area contributed by atoms with E-state index in [-0.39, 0.29) is 5.82 Å². The average Bonchev–Trinajstić information content (AvgIpc) is 2.55. The Bertz CT molecular complexity index is 814. The zero-order valence-electron chi connectivity index (χ0n) is 12.2. The molecule has 1 radical (unpaired) electrons. The van der Waals surface area contributed by atoms with Gasteiger partial charge in [0.2, 0.25) is 0 Å². The Morgan fingerprint density at radius 1 is 0.773 bits per heavy atom. The van der Waals surface area contributed by atoms with Crippen LogP contribution in [0.5, 0.6) is 11.5 Å². The van der Waals surface area contributed by atoms with Gasteiger partial charge in [-0.2, -0.15) is 0 Å². The fourth-order valence-electron chi connectivity index (χ4n) is 3.11. The van der Waals surface area contributed by atoms with Crippen molar-refractivity contribution < 1.29 is 9.13 Å². The van der Waals surface area contributed by atoms with E-state index in [9.17, 15) is 4.39 Å². The molecule has 0 saturated heterocycles. The molecule has 1 heterocycles. The third-order valence-corrected chi connectivity index (χ3v) is 12.6. The van der Waals surface area contributed by atoms with Crippen LogP contribution in [0.4, 0.5) is 4.39 Å². The molecule has 0 spiro atoms. The molecule has 3 aromatic carbocycles. The summed E-state index contributed by atoms with van der Waals surface area (Å²) in [4.78, 5) is 0. The van der Waals surface area contributed by atoms with Crippen LogP contribution in [0.1, 0.15) is 0 Å². The van der Waals surface area contributed by atoms with Gasteiger partial charge >= 0.3 is 132 Å². The van der Waals surface area contributed by atoms with Gasteiger partial charge in [-0.3, -0.25) is 0 Å². The molecule has 1 aliphatic rings. The van der Waals surface area contributed by atoms with Gasteiger partial charge in [0, 0.05) is 0 Å². The molecule has 0 N–H and O–H groups in total. The number of fused-ring (bicyclic) bond motifs is 2.